The standard InChI is InChI=1S/C14H20BrNO2/c1-10(2)13(17)7-8-16-14(18)9-11-3-5-12(15)6-4-11/h3-6,10,13,17H,7-9H2,1-2H3,(H,16,18). The Bertz CT molecular complexity index is 376. The molecule has 1 unspecified atom stereocenters. The Kier molecular flexibility index (Phi) is 6.36. The highest BCUT2D eigenvalue weighted by atomic mass is 79.9. The third-order valence-electron chi connectivity index (χ3n) is 2.81. The number of carbonyl (C=O) groups excluding carboxylic acids is 1. The van der Waals surface area contributed by atoms with Gasteiger partial charge in [-0.05, 0) is 30.0 Å². The Morgan fingerprint density at radius 1 is 1.33 bits per heavy atom. The number of rotatable bonds is 6. The quantitative estimate of drug-likeness (QED) is 0.848. The van der Waals surface area contributed by atoms with Crippen LogP contribution in [0.2, 0.25) is 0 Å². The van der Waals surface area contributed by atoms with Crippen LogP contribution in [-0.4, -0.2) is 23.7 Å². The fourth-order valence-electron chi connectivity index (χ4n) is 1.54. The van der Waals surface area contributed by atoms with Crippen LogP contribution in [0.3, 0.4) is 0 Å². The van der Waals surface area contributed by atoms with E-state index < -0.39 is 0 Å². The molecule has 1 rings (SSSR count). The average molecular weight is 314 g/mol. The van der Waals surface area contributed by atoms with Gasteiger partial charge in [0.15, 0.2) is 0 Å². The van der Waals surface area contributed by atoms with Gasteiger partial charge in [0, 0.05) is 11.0 Å². The van der Waals surface area contributed by atoms with E-state index >= 15 is 0 Å². The first kappa shape index (κ1) is 15.2. The van der Waals surface area contributed by atoms with E-state index in [1.165, 1.54) is 0 Å². The third-order valence-corrected chi connectivity index (χ3v) is 3.34. The van der Waals surface area contributed by atoms with E-state index in [0.717, 1.165) is 10.0 Å². The number of halogens is 1. The van der Waals surface area contributed by atoms with Gasteiger partial charge in [-0.15, -0.1) is 0 Å². The molecule has 1 amide bonds. The highest BCUT2D eigenvalue weighted by Crippen LogP contribution is 2.10. The van der Waals surface area contributed by atoms with Gasteiger partial charge in [-0.3, -0.25) is 4.79 Å². The fraction of sp³-hybridized carbons (Fsp3) is 0.500. The third kappa shape index (κ3) is 5.65. The van der Waals surface area contributed by atoms with Crippen molar-refractivity contribution in [2.45, 2.75) is 32.8 Å². The van der Waals surface area contributed by atoms with Crippen molar-refractivity contribution in [3.63, 3.8) is 0 Å². The molecule has 0 bridgehead atoms. The van der Waals surface area contributed by atoms with Crippen LogP contribution in [-0.2, 0) is 11.2 Å². The van der Waals surface area contributed by atoms with E-state index in [9.17, 15) is 9.90 Å². The first-order valence-corrected chi connectivity index (χ1v) is 6.97. The van der Waals surface area contributed by atoms with Crippen LogP contribution in [0.5, 0.6) is 0 Å². The zero-order valence-corrected chi connectivity index (χ0v) is 12.4. The van der Waals surface area contributed by atoms with Crippen molar-refractivity contribution in [2.75, 3.05) is 6.54 Å². The second-order valence-corrected chi connectivity index (χ2v) is 5.67. The maximum atomic E-state index is 11.6. The molecule has 0 saturated heterocycles. The summed E-state index contributed by atoms with van der Waals surface area (Å²) < 4.78 is 1.01. The molecule has 100 valence electrons. The molecule has 0 saturated carbocycles. The monoisotopic (exact) mass is 313 g/mol. The van der Waals surface area contributed by atoms with Crippen LogP contribution >= 0.6 is 15.9 Å². The number of benzene rings is 1. The molecule has 3 nitrogen and oxygen atoms in total. The summed E-state index contributed by atoms with van der Waals surface area (Å²) in [5, 5.41) is 12.4. The van der Waals surface area contributed by atoms with Crippen LogP contribution in [0.1, 0.15) is 25.8 Å². The summed E-state index contributed by atoms with van der Waals surface area (Å²) in [5.74, 6) is 0.224. The number of hydrogen-bond donors (Lipinski definition) is 2. The van der Waals surface area contributed by atoms with Crippen molar-refractivity contribution in [3.8, 4) is 0 Å². The highest BCUT2D eigenvalue weighted by Gasteiger charge is 2.09. The molecule has 0 heterocycles. The molecule has 0 radical (unpaired) electrons. The predicted octanol–water partition coefficient (Wildman–Crippen LogP) is 2.51. The van der Waals surface area contributed by atoms with Gasteiger partial charge in [-0.2, -0.15) is 0 Å². The normalized spacial score (nSPS) is 12.5. The first-order chi connectivity index (χ1) is 8.49. The summed E-state index contributed by atoms with van der Waals surface area (Å²) in [6.07, 6.45) is 0.632. The van der Waals surface area contributed by atoms with Crippen LogP contribution in [0.15, 0.2) is 28.7 Å². The van der Waals surface area contributed by atoms with Crippen LogP contribution in [0.4, 0.5) is 0 Å². The zero-order valence-electron chi connectivity index (χ0n) is 10.8. The van der Waals surface area contributed by atoms with Crippen LogP contribution < -0.4 is 5.32 Å². The Labute approximate surface area is 117 Å². The van der Waals surface area contributed by atoms with Gasteiger partial charge in [-0.25, -0.2) is 0 Å². The summed E-state index contributed by atoms with van der Waals surface area (Å²) in [7, 11) is 0. The highest BCUT2D eigenvalue weighted by molar-refractivity contribution is 9.10. The Hall–Kier alpha value is -0.870. The predicted molar refractivity (Wildman–Crippen MR) is 76.3 cm³/mol. The molecule has 1 atom stereocenters. The van der Waals surface area contributed by atoms with Crippen molar-refractivity contribution in [2.24, 2.45) is 5.92 Å². The van der Waals surface area contributed by atoms with Gasteiger partial charge in [0.25, 0.3) is 0 Å². The molecule has 0 aliphatic heterocycles. The van der Waals surface area contributed by atoms with E-state index in [-0.39, 0.29) is 17.9 Å². The molecule has 0 aromatic heterocycles. The van der Waals surface area contributed by atoms with Gasteiger partial charge in [0.2, 0.25) is 5.91 Å². The number of carbonyl (C=O) groups is 1. The second-order valence-electron chi connectivity index (χ2n) is 4.75. The minimum Gasteiger partial charge on any atom is -0.393 e. The Morgan fingerprint density at radius 2 is 1.94 bits per heavy atom. The number of aliphatic hydroxyl groups excluding tert-OH is 1. The van der Waals surface area contributed by atoms with E-state index in [2.05, 4.69) is 21.2 Å². The molecule has 0 spiro atoms. The van der Waals surface area contributed by atoms with Gasteiger partial charge in [0.05, 0.1) is 12.5 Å². The molecule has 0 aliphatic carbocycles. The van der Waals surface area contributed by atoms with E-state index in [1.807, 2.05) is 38.1 Å². The van der Waals surface area contributed by atoms with Crippen molar-refractivity contribution in [1.29, 1.82) is 0 Å². The Morgan fingerprint density at radius 3 is 2.50 bits per heavy atom. The summed E-state index contributed by atoms with van der Waals surface area (Å²) >= 11 is 3.35. The van der Waals surface area contributed by atoms with E-state index in [0.29, 0.717) is 19.4 Å². The van der Waals surface area contributed by atoms with Crippen LogP contribution in [0.25, 0.3) is 0 Å². The van der Waals surface area contributed by atoms with Crippen molar-refractivity contribution >= 4 is 21.8 Å². The van der Waals surface area contributed by atoms with E-state index in [1.54, 1.807) is 0 Å². The molecule has 4 heteroatoms. The van der Waals surface area contributed by atoms with Crippen LogP contribution in [0, 0.1) is 5.92 Å². The van der Waals surface area contributed by atoms with Crippen molar-refractivity contribution in [3.05, 3.63) is 34.3 Å². The van der Waals surface area contributed by atoms with Gasteiger partial charge >= 0.3 is 0 Å². The summed E-state index contributed by atoms with van der Waals surface area (Å²) in [4.78, 5) is 11.6. The maximum absolute atomic E-state index is 11.6. The van der Waals surface area contributed by atoms with Crippen molar-refractivity contribution < 1.29 is 9.90 Å². The average Bonchev–Trinajstić information content (AvgIpc) is 2.32. The minimum absolute atomic E-state index is 0.00622. The summed E-state index contributed by atoms with van der Waals surface area (Å²) in [6, 6.07) is 7.69. The molecule has 0 fully saturated rings. The second kappa shape index (κ2) is 7.54. The topological polar surface area (TPSA) is 49.3 Å². The maximum Gasteiger partial charge on any atom is 0.224 e. The van der Waals surface area contributed by atoms with Gasteiger partial charge in [0.1, 0.15) is 0 Å². The molecule has 18 heavy (non-hydrogen) atoms. The number of nitrogens with one attached hydrogen (secondary N) is 1. The smallest absolute Gasteiger partial charge is 0.224 e. The van der Waals surface area contributed by atoms with Gasteiger partial charge < -0.3 is 10.4 Å². The van der Waals surface area contributed by atoms with Gasteiger partial charge in [-0.1, -0.05) is 41.9 Å². The van der Waals surface area contributed by atoms with E-state index in [4.69, 9.17) is 0 Å². The first-order valence-electron chi connectivity index (χ1n) is 6.18. The molecule has 0 aliphatic rings. The minimum atomic E-state index is -0.349. The zero-order chi connectivity index (χ0) is 13.5. The summed E-state index contributed by atoms with van der Waals surface area (Å²) in [5.41, 5.74) is 0.986. The summed E-state index contributed by atoms with van der Waals surface area (Å²) in [6.45, 7) is 4.46. The molecular formula is C14H20BrNO2. The lowest BCUT2D eigenvalue weighted by Crippen LogP contribution is -2.29. The van der Waals surface area contributed by atoms with Crippen molar-refractivity contribution in [1.82, 2.24) is 5.32 Å². The Balaban J connectivity index is 2.27. The lowest BCUT2D eigenvalue weighted by atomic mass is 10.0. The molecule has 1 aromatic carbocycles. The number of amides is 1. The molecule has 1 aromatic rings. The fourth-order valence-corrected chi connectivity index (χ4v) is 1.81. The largest absolute Gasteiger partial charge is 0.393 e. The number of aliphatic hydroxyl groups is 1. The lowest BCUT2D eigenvalue weighted by molar-refractivity contribution is -0.120. The molecule has 2 N–H and O–H groups in total. The SMILES string of the molecule is CC(C)C(O)CCNC(=O)Cc1ccc(Br)cc1. The molecular weight excluding hydrogens is 294 g/mol. The number of hydrogen-bond acceptors (Lipinski definition) is 2. The lowest BCUT2D eigenvalue weighted by Gasteiger charge is -2.14.